The summed E-state index contributed by atoms with van der Waals surface area (Å²) in [6, 6.07) is 22.6. The van der Waals surface area contributed by atoms with Gasteiger partial charge in [-0.1, -0.05) is 36.8 Å². The largest absolute Gasteiger partial charge is 0.487 e. The van der Waals surface area contributed by atoms with Crippen LogP contribution in [-0.4, -0.2) is 28.1 Å². The number of aromatic nitrogens is 1. The first-order chi connectivity index (χ1) is 17.0. The van der Waals surface area contributed by atoms with Crippen molar-refractivity contribution in [2.45, 2.75) is 56.1 Å². The molecule has 0 spiro atoms. The minimum atomic E-state index is -0.684. The molecule has 2 N–H and O–H groups in total. The van der Waals surface area contributed by atoms with Gasteiger partial charge in [0, 0.05) is 23.7 Å². The molecule has 35 heavy (non-hydrogen) atoms. The van der Waals surface area contributed by atoms with Gasteiger partial charge in [-0.05, 0) is 91.5 Å². The average molecular weight is 469 g/mol. The number of hydrogen-bond acceptors (Lipinski definition) is 4. The molecule has 1 aromatic heterocycles. The Balaban J connectivity index is 1.22. The second-order valence-electron chi connectivity index (χ2n) is 10.7. The zero-order valence-corrected chi connectivity index (χ0v) is 20.0. The smallest absolute Gasteiger partial charge is 0.251 e. The number of nitrogens with zero attached hydrogens (tertiary/aromatic N) is 1. The highest BCUT2D eigenvalue weighted by atomic mass is 16.5. The maximum absolute atomic E-state index is 12.6. The molecule has 0 saturated heterocycles. The van der Waals surface area contributed by atoms with Gasteiger partial charge in [0.15, 0.2) is 0 Å². The molecule has 1 heterocycles. The van der Waals surface area contributed by atoms with E-state index in [-0.39, 0.29) is 11.3 Å². The SMILES string of the molecule is O=C(NCC1(O)CC1)c1ccc([C@@]2(c3ccc(OCc4ccccn4)cc3)C[C@@H]3CC[C@H]2C3)cc1. The van der Waals surface area contributed by atoms with Crippen molar-refractivity contribution < 1.29 is 14.6 Å². The molecule has 3 saturated carbocycles. The summed E-state index contributed by atoms with van der Waals surface area (Å²) in [4.78, 5) is 16.9. The number of hydrogen-bond donors (Lipinski definition) is 2. The quantitative estimate of drug-likeness (QED) is 0.487. The first-order valence-electron chi connectivity index (χ1n) is 12.8. The number of carbonyl (C=O) groups excluding carboxylic acids is 1. The van der Waals surface area contributed by atoms with E-state index in [1.54, 1.807) is 6.20 Å². The Hall–Kier alpha value is -3.18. The maximum atomic E-state index is 12.6. The molecule has 5 nitrogen and oxygen atoms in total. The van der Waals surface area contributed by atoms with Crippen LogP contribution in [0.2, 0.25) is 0 Å². The summed E-state index contributed by atoms with van der Waals surface area (Å²) in [5, 5.41) is 12.9. The lowest BCUT2D eigenvalue weighted by molar-refractivity contribution is 0.0896. The summed E-state index contributed by atoms with van der Waals surface area (Å²) in [5.41, 5.74) is 3.50. The number of ether oxygens (including phenoxy) is 1. The van der Waals surface area contributed by atoms with Crippen LogP contribution < -0.4 is 10.1 Å². The molecule has 0 radical (unpaired) electrons. The van der Waals surface area contributed by atoms with Crippen LogP contribution in [0.5, 0.6) is 5.75 Å². The van der Waals surface area contributed by atoms with E-state index in [4.69, 9.17) is 4.74 Å². The predicted octanol–water partition coefficient (Wildman–Crippen LogP) is 5.02. The highest BCUT2D eigenvalue weighted by molar-refractivity contribution is 5.94. The molecule has 6 rings (SSSR count). The molecular weight excluding hydrogens is 436 g/mol. The minimum absolute atomic E-state index is 0.0133. The van der Waals surface area contributed by atoms with Crippen LogP contribution in [0.15, 0.2) is 72.9 Å². The summed E-state index contributed by atoms with van der Waals surface area (Å²) in [5.74, 6) is 2.12. The minimum Gasteiger partial charge on any atom is -0.487 e. The van der Waals surface area contributed by atoms with Gasteiger partial charge in [-0.2, -0.15) is 0 Å². The van der Waals surface area contributed by atoms with Crippen LogP contribution in [0.4, 0.5) is 0 Å². The van der Waals surface area contributed by atoms with Crippen LogP contribution in [0, 0.1) is 11.8 Å². The Labute approximate surface area is 206 Å². The summed E-state index contributed by atoms with van der Waals surface area (Å²) in [6.45, 7) is 0.785. The molecule has 2 aromatic carbocycles. The first-order valence-corrected chi connectivity index (χ1v) is 12.8. The lowest BCUT2D eigenvalue weighted by Gasteiger charge is -2.39. The van der Waals surface area contributed by atoms with Crippen molar-refractivity contribution in [3.05, 3.63) is 95.3 Å². The zero-order valence-electron chi connectivity index (χ0n) is 20.0. The fourth-order valence-corrected chi connectivity index (χ4v) is 6.28. The fourth-order valence-electron chi connectivity index (χ4n) is 6.28. The van der Waals surface area contributed by atoms with Gasteiger partial charge < -0.3 is 15.2 Å². The number of rotatable bonds is 8. The number of aliphatic hydroxyl groups is 1. The van der Waals surface area contributed by atoms with Crippen LogP contribution in [0.25, 0.3) is 0 Å². The molecule has 0 unspecified atom stereocenters. The van der Waals surface area contributed by atoms with Gasteiger partial charge in [0.25, 0.3) is 5.91 Å². The number of benzene rings is 2. The van der Waals surface area contributed by atoms with Crippen molar-refractivity contribution in [1.82, 2.24) is 10.3 Å². The van der Waals surface area contributed by atoms with Gasteiger partial charge in [0.1, 0.15) is 12.4 Å². The Morgan fingerprint density at radius 3 is 2.34 bits per heavy atom. The van der Waals surface area contributed by atoms with E-state index in [1.807, 2.05) is 30.3 Å². The molecule has 3 atom stereocenters. The van der Waals surface area contributed by atoms with Crippen LogP contribution in [-0.2, 0) is 12.0 Å². The number of fused-ring (bicyclic) bond motifs is 2. The third kappa shape index (κ3) is 4.34. The van der Waals surface area contributed by atoms with Gasteiger partial charge in [0.2, 0.25) is 0 Å². The number of pyridine rings is 1. The molecule has 3 aromatic rings. The summed E-state index contributed by atoms with van der Waals surface area (Å²) < 4.78 is 5.98. The zero-order chi connectivity index (χ0) is 23.9. The van der Waals surface area contributed by atoms with Crippen molar-refractivity contribution >= 4 is 5.91 Å². The van der Waals surface area contributed by atoms with E-state index < -0.39 is 5.60 Å². The van der Waals surface area contributed by atoms with E-state index >= 15 is 0 Å². The van der Waals surface area contributed by atoms with E-state index in [2.05, 4.69) is 46.7 Å². The Bertz CT molecular complexity index is 1190. The van der Waals surface area contributed by atoms with Gasteiger partial charge in [0.05, 0.1) is 11.3 Å². The highest BCUT2D eigenvalue weighted by Gasteiger charge is 2.52. The van der Waals surface area contributed by atoms with Crippen molar-refractivity contribution in [3.63, 3.8) is 0 Å². The molecular formula is C30H32N2O3. The van der Waals surface area contributed by atoms with Crippen molar-refractivity contribution in [1.29, 1.82) is 0 Å². The first kappa shape index (κ1) is 22.3. The average Bonchev–Trinajstić information content (AvgIpc) is 3.30. The standard InChI is InChI=1S/C30H32N2O3/c33-28(32-20-29(34)14-15-29)22-5-8-23(9-6-22)30(18-21-4-7-25(30)17-21)24-10-12-27(13-11-24)35-19-26-3-1-2-16-31-26/h1-3,5-6,8-13,16,21,25,34H,4,7,14-15,17-20H2,(H,32,33)/t21-,25+,30-/m1/s1. The number of carbonyl (C=O) groups is 1. The van der Waals surface area contributed by atoms with Crippen molar-refractivity contribution in [2.75, 3.05) is 6.54 Å². The molecule has 3 fully saturated rings. The third-order valence-corrected chi connectivity index (χ3v) is 8.40. The Kier molecular flexibility index (Phi) is 5.60. The molecule has 1 amide bonds. The van der Waals surface area contributed by atoms with Gasteiger partial charge in [-0.3, -0.25) is 9.78 Å². The van der Waals surface area contributed by atoms with E-state index in [0.717, 1.165) is 36.6 Å². The molecule has 2 bridgehead atoms. The molecule has 3 aliphatic carbocycles. The van der Waals surface area contributed by atoms with Crippen LogP contribution in [0.3, 0.4) is 0 Å². The monoisotopic (exact) mass is 468 g/mol. The Morgan fingerprint density at radius 1 is 1.00 bits per heavy atom. The van der Waals surface area contributed by atoms with E-state index in [1.165, 1.54) is 30.4 Å². The highest BCUT2D eigenvalue weighted by Crippen LogP contribution is 2.60. The lowest BCUT2D eigenvalue weighted by atomic mass is 9.64. The molecule has 0 aliphatic heterocycles. The second-order valence-corrected chi connectivity index (χ2v) is 10.7. The van der Waals surface area contributed by atoms with E-state index in [0.29, 0.717) is 24.6 Å². The van der Waals surface area contributed by atoms with Crippen LogP contribution in [0.1, 0.15) is 65.7 Å². The summed E-state index contributed by atoms with van der Waals surface area (Å²) in [7, 11) is 0. The molecule has 3 aliphatic rings. The van der Waals surface area contributed by atoms with Crippen molar-refractivity contribution in [3.8, 4) is 5.75 Å². The summed E-state index contributed by atoms with van der Waals surface area (Å²) in [6.07, 6.45) is 8.33. The fraction of sp³-hybridized carbons (Fsp3) is 0.400. The maximum Gasteiger partial charge on any atom is 0.251 e. The Morgan fingerprint density at radius 2 is 1.74 bits per heavy atom. The van der Waals surface area contributed by atoms with Crippen molar-refractivity contribution in [2.24, 2.45) is 11.8 Å². The van der Waals surface area contributed by atoms with Gasteiger partial charge in [-0.25, -0.2) is 0 Å². The molecule has 5 heteroatoms. The third-order valence-electron chi connectivity index (χ3n) is 8.40. The normalized spacial score (nSPS) is 25.9. The predicted molar refractivity (Wildman–Crippen MR) is 134 cm³/mol. The van der Waals surface area contributed by atoms with Gasteiger partial charge >= 0.3 is 0 Å². The van der Waals surface area contributed by atoms with E-state index in [9.17, 15) is 9.90 Å². The molecule has 180 valence electrons. The number of nitrogens with one attached hydrogen (secondary N) is 1. The summed E-state index contributed by atoms with van der Waals surface area (Å²) >= 11 is 0. The second kappa shape index (κ2) is 8.80. The van der Waals surface area contributed by atoms with Gasteiger partial charge in [-0.15, -0.1) is 0 Å². The van der Waals surface area contributed by atoms with Crippen LogP contribution >= 0.6 is 0 Å². The topological polar surface area (TPSA) is 71.5 Å². The number of amides is 1. The lowest BCUT2D eigenvalue weighted by Crippen LogP contribution is -2.35.